The van der Waals surface area contributed by atoms with E-state index in [-0.39, 0.29) is 6.61 Å². The van der Waals surface area contributed by atoms with Gasteiger partial charge in [-0.1, -0.05) is 6.07 Å². The Balaban J connectivity index is 2.27. The van der Waals surface area contributed by atoms with Crippen molar-refractivity contribution < 1.29 is 14.3 Å². The summed E-state index contributed by atoms with van der Waals surface area (Å²) >= 11 is 1.62. The molecular formula is C11H16N2O3S. The first-order valence-electron chi connectivity index (χ1n) is 5.37. The number of carbonyl (C=O) groups excluding carboxylic acids is 2. The minimum atomic E-state index is -1.24. The lowest BCUT2D eigenvalue weighted by Crippen LogP contribution is -2.47. The van der Waals surface area contributed by atoms with Gasteiger partial charge in [0.05, 0.1) is 6.61 Å². The number of rotatable bonds is 6. The van der Waals surface area contributed by atoms with E-state index in [0.29, 0.717) is 6.54 Å². The number of nitrogens with one attached hydrogen (secondary N) is 1. The van der Waals surface area contributed by atoms with E-state index < -0.39 is 17.9 Å². The van der Waals surface area contributed by atoms with Crippen molar-refractivity contribution in [3.63, 3.8) is 0 Å². The van der Waals surface area contributed by atoms with Crippen LogP contribution < -0.4 is 11.1 Å². The van der Waals surface area contributed by atoms with Crippen LogP contribution in [0.25, 0.3) is 0 Å². The van der Waals surface area contributed by atoms with E-state index in [4.69, 9.17) is 5.73 Å². The third kappa shape index (κ3) is 4.54. The minimum Gasteiger partial charge on any atom is -0.464 e. The fourth-order valence-corrected chi connectivity index (χ4v) is 1.92. The van der Waals surface area contributed by atoms with Gasteiger partial charge >= 0.3 is 5.97 Å². The van der Waals surface area contributed by atoms with Crippen LogP contribution in [-0.4, -0.2) is 31.1 Å². The normalized spacial score (nSPS) is 11.9. The first-order valence-corrected chi connectivity index (χ1v) is 6.25. The molecule has 5 nitrogen and oxygen atoms in total. The molecule has 1 unspecified atom stereocenters. The van der Waals surface area contributed by atoms with Crippen molar-refractivity contribution in [2.24, 2.45) is 5.73 Å². The monoisotopic (exact) mass is 256 g/mol. The lowest BCUT2D eigenvalue weighted by Gasteiger charge is -2.10. The van der Waals surface area contributed by atoms with Gasteiger partial charge in [-0.2, -0.15) is 0 Å². The van der Waals surface area contributed by atoms with Crippen molar-refractivity contribution in [3.8, 4) is 0 Å². The molecule has 0 fully saturated rings. The standard InChI is InChI=1S/C11H16N2O3S/c1-2-16-11(15)9(12)10(14)13-6-5-8-4-3-7-17-8/h3-4,7,9H,2,5-6,12H2,1H3,(H,13,14). The molecule has 0 aliphatic heterocycles. The fraction of sp³-hybridized carbons (Fsp3) is 0.455. The average Bonchev–Trinajstić information content (AvgIpc) is 2.81. The highest BCUT2D eigenvalue weighted by Crippen LogP contribution is 2.07. The molecule has 0 saturated heterocycles. The average molecular weight is 256 g/mol. The second-order valence-corrected chi connectivity index (χ2v) is 4.38. The molecule has 17 heavy (non-hydrogen) atoms. The van der Waals surface area contributed by atoms with Crippen molar-refractivity contribution in [1.82, 2.24) is 5.32 Å². The van der Waals surface area contributed by atoms with Crippen LogP contribution in [0.4, 0.5) is 0 Å². The van der Waals surface area contributed by atoms with Gasteiger partial charge in [-0.3, -0.25) is 4.79 Å². The van der Waals surface area contributed by atoms with Gasteiger partial charge in [-0.05, 0) is 24.8 Å². The second-order valence-electron chi connectivity index (χ2n) is 3.35. The van der Waals surface area contributed by atoms with Gasteiger partial charge in [-0.15, -0.1) is 11.3 Å². The predicted molar refractivity (Wildman–Crippen MR) is 65.6 cm³/mol. The van der Waals surface area contributed by atoms with E-state index in [9.17, 15) is 9.59 Å². The predicted octanol–water partition coefficient (Wildman–Crippen LogP) is 0.297. The van der Waals surface area contributed by atoms with Gasteiger partial charge in [0, 0.05) is 11.4 Å². The Kier molecular flexibility index (Phi) is 5.65. The van der Waals surface area contributed by atoms with Gasteiger partial charge in [0.1, 0.15) is 0 Å². The molecule has 94 valence electrons. The van der Waals surface area contributed by atoms with E-state index in [1.807, 2.05) is 17.5 Å². The molecule has 1 rings (SSSR count). The first kappa shape index (κ1) is 13.7. The maximum absolute atomic E-state index is 11.5. The lowest BCUT2D eigenvalue weighted by molar-refractivity contribution is -0.147. The maximum Gasteiger partial charge on any atom is 0.332 e. The molecular weight excluding hydrogens is 240 g/mol. The van der Waals surface area contributed by atoms with Crippen molar-refractivity contribution in [2.75, 3.05) is 13.2 Å². The van der Waals surface area contributed by atoms with E-state index in [2.05, 4.69) is 10.1 Å². The summed E-state index contributed by atoms with van der Waals surface area (Å²) in [5.74, 6) is -1.19. The van der Waals surface area contributed by atoms with E-state index >= 15 is 0 Å². The molecule has 0 aromatic carbocycles. The summed E-state index contributed by atoms with van der Waals surface area (Å²) in [6, 6.07) is 2.70. The zero-order valence-corrected chi connectivity index (χ0v) is 10.5. The minimum absolute atomic E-state index is 0.217. The fourth-order valence-electron chi connectivity index (χ4n) is 1.21. The van der Waals surface area contributed by atoms with Crippen LogP contribution in [-0.2, 0) is 20.7 Å². The molecule has 0 aliphatic carbocycles. The van der Waals surface area contributed by atoms with Crippen LogP contribution in [0.3, 0.4) is 0 Å². The van der Waals surface area contributed by atoms with Crippen LogP contribution >= 0.6 is 11.3 Å². The summed E-state index contributed by atoms with van der Waals surface area (Å²) in [5.41, 5.74) is 5.42. The molecule has 0 bridgehead atoms. The molecule has 1 amide bonds. The number of ether oxygens (including phenoxy) is 1. The summed E-state index contributed by atoms with van der Waals surface area (Å²) in [5, 5.41) is 4.58. The van der Waals surface area contributed by atoms with E-state index in [1.54, 1.807) is 18.3 Å². The molecule has 1 atom stereocenters. The quantitative estimate of drug-likeness (QED) is 0.566. The summed E-state index contributed by atoms with van der Waals surface area (Å²) in [6.45, 7) is 2.35. The summed E-state index contributed by atoms with van der Waals surface area (Å²) < 4.78 is 4.65. The van der Waals surface area contributed by atoms with Crippen LogP contribution in [0.1, 0.15) is 11.8 Å². The molecule has 6 heteroatoms. The van der Waals surface area contributed by atoms with E-state index in [1.165, 1.54) is 4.88 Å². The molecule has 0 aliphatic rings. The van der Waals surface area contributed by atoms with Crippen LogP contribution in [0.5, 0.6) is 0 Å². The van der Waals surface area contributed by atoms with Gasteiger partial charge < -0.3 is 15.8 Å². The number of nitrogens with two attached hydrogens (primary N) is 1. The highest BCUT2D eigenvalue weighted by Gasteiger charge is 2.22. The van der Waals surface area contributed by atoms with Gasteiger partial charge in [-0.25, -0.2) is 4.79 Å². The van der Waals surface area contributed by atoms with Crippen molar-refractivity contribution in [3.05, 3.63) is 22.4 Å². The molecule has 0 radical (unpaired) electrons. The zero-order valence-electron chi connectivity index (χ0n) is 9.64. The number of hydrogen-bond acceptors (Lipinski definition) is 5. The van der Waals surface area contributed by atoms with Crippen molar-refractivity contribution in [1.29, 1.82) is 0 Å². The molecule has 0 spiro atoms. The smallest absolute Gasteiger partial charge is 0.332 e. The Morgan fingerprint density at radius 2 is 2.35 bits per heavy atom. The Morgan fingerprint density at radius 3 is 2.94 bits per heavy atom. The highest BCUT2D eigenvalue weighted by molar-refractivity contribution is 7.09. The van der Waals surface area contributed by atoms with E-state index in [0.717, 1.165) is 6.42 Å². The largest absolute Gasteiger partial charge is 0.464 e. The number of thiophene rings is 1. The van der Waals surface area contributed by atoms with Gasteiger partial charge in [0.25, 0.3) is 0 Å². The van der Waals surface area contributed by atoms with Crippen LogP contribution in [0.2, 0.25) is 0 Å². The van der Waals surface area contributed by atoms with Crippen LogP contribution in [0.15, 0.2) is 17.5 Å². The summed E-state index contributed by atoms with van der Waals surface area (Å²) in [7, 11) is 0. The number of amides is 1. The molecule has 0 saturated carbocycles. The lowest BCUT2D eigenvalue weighted by atomic mass is 10.3. The molecule has 1 heterocycles. The summed E-state index contributed by atoms with van der Waals surface area (Å²) in [6.07, 6.45) is 0.735. The first-order chi connectivity index (χ1) is 8.15. The molecule has 3 N–H and O–H groups in total. The van der Waals surface area contributed by atoms with Crippen molar-refractivity contribution >= 4 is 23.2 Å². The Morgan fingerprint density at radius 1 is 1.59 bits per heavy atom. The molecule has 1 aromatic rings. The number of carbonyl (C=O) groups is 2. The highest BCUT2D eigenvalue weighted by atomic mass is 32.1. The third-order valence-corrected chi connectivity index (χ3v) is 3.01. The second kappa shape index (κ2) is 7.03. The Hall–Kier alpha value is -1.40. The molecule has 1 aromatic heterocycles. The van der Waals surface area contributed by atoms with Gasteiger partial charge in [0.2, 0.25) is 5.91 Å². The third-order valence-electron chi connectivity index (χ3n) is 2.07. The number of esters is 1. The van der Waals surface area contributed by atoms with Gasteiger partial charge in [0.15, 0.2) is 6.04 Å². The topological polar surface area (TPSA) is 81.4 Å². The Bertz CT molecular complexity index is 365. The maximum atomic E-state index is 11.5. The number of hydrogen-bond donors (Lipinski definition) is 2. The van der Waals surface area contributed by atoms with Crippen molar-refractivity contribution in [2.45, 2.75) is 19.4 Å². The SMILES string of the molecule is CCOC(=O)C(N)C(=O)NCCc1cccs1. The Labute approximate surface area is 104 Å². The summed E-state index contributed by atoms with van der Waals surface area (Å²) in [4.78, 5) is 23.8. The van der Waals surface area contributed by atoms with Crippen LogP contribution in [0, 0.1) is 0 Å². The zero-order chi connectivity index (χ0) is 12.7.